The quantitative estimate of drug-likeness (QED) is 0.226. The van der Waals surface area contributed by atoms with Crippen molar-refractivity contribution in [2.75, 3.05) is 19.0 Å². The maximum absolute atomic E-state index is 12.4. The van der Waals surface area contributed by atoms with Gasteiger partial charge >= 0.3 is 11.9 Å². The van der Waals surface area contributed by atoms with Crippen LogP contribution in [0.2, 0.25) is 0 Å². The van der Waals surface area contributed by atoms with E-state index >= 15 is 0 Å². The molecule has 0 atom stereocenters. The van der Waals surface area contributed by atoms with Crippen molar-refractivity contribution in [1.82, 2.24) is 0 Å². The number of methoxy groups -OCH3 is 1. The number of hydrogen-bond acceptors (Lipinski definition) is 9. The van der Waals surface area contributed by atoms with E-state index in [1.807, 2.05) is 36.4 Å². The lowest BCUT2D eigenvalue weighted by molar-refractivity contribution is -0.157. The van der Waals surface area contributed by atoms with Gasteiger partial charge in [-0.3, -0.25) is 4.79 Å². The van der Waals surface area contributed by atoms with Crippen LogP contribution in [0.1, 0.15) is 51.9 Å². The van der Waals surface area contributed by atoms with Gasteiger partial charge in [-0.2, -0.15) is 0 Å². The average Bonchev–Trinajstić information content (AvgIpc) is 3.40. The van der Waals surface area contributed by atoms with Crippen LogP contribution in [-0.4, -0.2) is 37.0 Å². The Labute approximate surface area is 220 Å². The van der Waals surface area contributed by atoms with Gasteiger partial charge in [-0.05, 0) is 73.5 Å². The topological polar surface area (TPSA) is 90.9 Å². The van der Waals surface area contributed by atoms with Crippen molar-refractivity contribution >= 4 is 62.0 Å². The molecule has 3 rings (SSSR count). The maximum Gasteiger partial charge on any atom is 0.351 e. The second kappa shape index (κ2) is 11.4. The Bertz CT molecular complexity index is 1240. The molecule has 2 aromatic heterocycles. The van der Waals surface area contributed by atoms with Gasteiger partial charge in [0.15, 0.2) is 23.0 Å². The lowest BCUT2D eigenvalue weighted by Gasteiger charge is -2.19. The molecule has 0 radical (unpaired) electrons. The van der Waals surface area contributed by atoms with Gasteiger partial charge in [0.1, 0.15) is 5.60 Å². The first-order chi connectivity index (χ1) is 16.5. The second-order valence-electron chi connectivity index (χ2n) is 8.53. The van der Waals surface area contributed by atoms with Crippen LogP contribution in [0.3, 0.4) is 0 Å². The standard InChI is InChI=1S/C25H26BrNO6S2/c1-14(28)18-10-9-17(34-18)12-27-16-8-6-7-15(11-16)22-20(26)21(23(35-22)24(30)31-5)32-13-19(29)33-25(2,3)4/h6-11,27H,12-13H2,1-5H3. The van der Waals surface area contributed by atoms with Gasteiger partial charge in [0.2, 0.25) is 0 Å². The van der Waals surface area contributed by atoms with E-state index in [2.05, 4.69) is 21.2 Å². The van der Waals surface area contributed by atoms with E-state index in [-0.39, 0.29) is 23.0 Å². The molecule has 3 aromatic rings. The Balaban J connectivity index is 1.82. The van der Waals surface area contributed by atoms with Crippen molar-refractivity contribution < 1.29 is 28.6 Å². The molecular weight excluding hydrogens is 554 g/mol. The normalized spacial score (nSPS) is 11.1. The predicted octanol–water partition coefficient (Wildman–Crippen LogP) is 6.56. The third-order valence-electron chi connectivity index (χ3n) is 4.53. The van der Waals surface area contributed by atoms with Gasteiger partial charge in [0.25, 0.3) is 0 Å². The van der Waals surface area contributed by atoms with Gasteiger partial charge in [-0.25, -0.2) is 9.59 Å². The van der Waals surface area contributed by atoms with E-state index in [4.69, 9.17) is 14.2 Å². The fraction of sp³-hybridized carbons (Fsp3) is 0.320. The lowest BCUT2D eigenvalue weighted by Crippen LogP contribution is -2.27. The van der Waals surface area contributed by atoms with Crippen molar-refractivity contribution in [3.63, 3.8) is 0 Å². The Morgan fingerprint density at radius 1 is 1.09 bits per heavy atom. The zero-order valence-electron chi connectivity index (χ0n) is 20.0. The number of ketones is 1. The molecule has 0 aliphatic carbocycles. The number of esters is 2. The van der Waals surface area contributed by atoms with E-state index in [1.165, 1.54) is 29.8 Å². The molecule has 0 fully saturated rings. The average molecular weight is 581 g/mol. The summed E-state index contributed by atoms with van der Waals surface area (Å²) in [5.74, 6) is -0.816. The molecule has 186 valence electrons. The minimum Gasteiger partial charge on any atom is -0.479 e. The molecule has 0 amide bonds. The number of rotatable bonds is 9. The van der Waals surface area contributed by atoms with E-state index in [9.17, 15) is 14.4 Å². The molecule has 0 aliphatic rings. The van der Waals surface area contributed by atoms with Crippen LogP contribution in [0.15, 0.2) is 40.9 Å². The third-order valence-corrected chi connectivity index (χ3v) is 7.94. The highest BCUT2D eigenvalue weighted by Crippen LogP contribution is 2.46. The number of nitrogens with one attached hydrogen (secondary N) is 1. The summed E-state index contributed by atoms with van der Waals surface area (Å²) >= 11 is 6.21. The van der Waals surface area contributed by atoms with Crippen LogP contribution < -0.4 is 10.1 Å². The van der Waals surface area contributed by atoms with Crippen molar-refractivity contribution in [2.24, 2.45) is 0 Å². The molecule has 0 aliphatic heterocycles. The monoisotopic (exact) mass is 579 g/mol. The number of Topliss-reactive ketones (excluding diaryl/α,β-unsaturated/α-hetero) is 1. The smallest absolute Gasteiger partial charge is 0.351 e. The molecule has 1 N–H and O–H groups in total. The lowest BCUT2D eigenvalue weighted by atomic mass is 10.1. The Hall–Kier alpha value is -2.69. The second-order valence-corrected chi connectivity index (χ2v) is 11.5. The molecule has 0 spiro atoms. The number of carbonyl (C=O) groups is 3. The number of halogens is 1. The molecule has 0 saturated heterocycles. The molecule has 2 heterocycles. The van der Waals surface area contributed by atoms with Crippen LogP contribution in [0.4, 0.5) is 5.69 Å². The first-order valence-electron chi connectivity index (χ1n) is 10.7. The first kappa shape index (κ1) is 26.9. The van der Waals surface area contributed by atoms with Crippen LogP contribution in [0.25, 0.3) is 10.4 Å². The van der Waals surface area contributed by atoms with Crippen molar-refractivity contribution in [3.8, 4) is 16.2 Å². The molecule has 7 nitrogen and oxygen atoms in total. The Morgan fingerprint density at radius 2 is 1.83 bits per heavy atom. The summed E-state index contributed by atoms with van der Waals surface area (Å²) in [6.07, 6.45) is 0. The molecule has 0 unspecified atom stereocenters. The van der Waals surface area contributed by atoms with Crippen molar-refractivity contribution in [2.45, 2.75) is 39.8 Å². The largest absolute Gasteiger partial charge is 0.479 e. The van der Waals surface area contributed by atoms with Gasteiger partial charge in [0.05, 0.1) is 21.3 Å². The zero-order valence-corrected chi connectivity index (χ0v) is 23.2. The molecule has 1 aromatic carbocycles. The van der Waals surface area contributed by atoms with Gasteiger partial charge in [0, 0.05) is 17.1 Å². The highest BCUT2D eigenvalue weighted by atomic mass is 79.9. The Kier molecular flexibility index (Phi) is 8.74. The highest BCUT2D eigenvalue weighted by Gasteiger charge is 2.26. The summed E-state index contributed by atoms with van der Waals surface area (Å²) in [5.41, 5.74) is 1.07. The SMILES string of the molecule is COC(=O)c1sc(-c2cccc(NCc3ccc(C(C)=O)s3)c2)c(Br)c1OCC(=O)OC(C)(C)C. The minimum absolute atomic E-state index is 0.0527. The number of benzene rings is 1. The predicted molar refractivity (Wildman–Crippen MR) is 142 cm³/mol. The van der Waals surface area contributed by atoms with Crippen LogP contribution >= 0.6 is 38.6 Å². The zero-order chi connectivity index (χ0) is 25.8. The van der Waals surface area contributed by atoms with Gasteiger partial charge in [-0.1, -0.05) is 12.1 Å². The maximum atomic E-state index is 12.4. The number of ether oxygens (including phenoxy) is 3. The summed E-state index contributed by atoms with van der Waals surface area (Å²) in [4.78, 5) is 38.9. The minimum atomic E-state index is -0.646. The molecular formula is C25H26BrNO6S2. The van der Waals surface area contributed by atoms with E-state index in [0.29, 0.717) is 11.0 Å². The van der Waals surface area contributed by atoms with E-state index in [1.54, 1.807) is 27.7 Å². The van der Waals surface area contributed by atoms with Crippen molar-refractivity contribution in [1.29, 1.82) is 0 Å². The fourth-order valence-electron chi connectivity index (χ4n) is 3.06. The Morgan fingerprint density at radius 3 is 2.46 bits per heavy atom. The van der Waals surface area contributed by atoms with E-state index < -0.39 is 17.5 Å². The van der Waals surface area contributed by atoms with Crippen molar-refractivity contribution in [3.05, 3.63) is 55.5 Å². The molecule has 10 heteroatoms. The van der Waals surface area contributed by atoms with E-state index in [0.717, 1.165) is 25.9 Å². The van der Waals surface area contributed by atoms with Crippen LogP contribution in [0, 0.1) is 0 Å². The third kappa shape index (κ3) is 7.16. The molecule has 0 saturated carbocycles. The number of hydrogen-bond donors (Lipinski definition) is 1. The van der Waals surface area contributed by atoms with Crippen LogP contribution in [0.5, 0.6) is 5.75 Å². The van der Waals surface area contributed by atoms with Crippen LogP contribution in [-0.2, 0) is 20.8 Å². The number of anilines is 1. The highest BCUT2D eigenvalue weighted by molar-refractivity contribution is 9.10. The number of thiophene rings is 2. The first-order valence-corrected chi connectivity index (χ1v) is 13.1. The summed E-state index contributed by atoms with van der Waals surface area (Å²) in [6.45, 7) is 7.09. The fourth-order valence-corrected chi connectivity index (χ4v) is 5.87. The summed E-state index contributed by atoms with van der Waals surface area (Å²) in [7, 11) is 1.29. The van der Waals surface area contributed by atoms with Gasteiger partial charge in [-0.15, -0.1) is 22.7 Å². The summed E-state index contributed by atoms with van der Waals surface area (Å²) in [6, 6.07) is 11.5. The molecule has 35 heavy (non-hydrogen) atoms. The van der Waals surface area contributed by atoms with Gasteiger partial charge < -0.3 is 19.5 Å². The summed E-state index contributed by atoms with van der Waals surface area (Å²) in [5, 5.41) is 3.36. The summed E-state index contributed by atoms with van der Waals surface area (Å²) < 4.78 is 16.5. The number of carbonyl (C=O) groups excluding carboxylic acids is 3. The molecule has 0 bridgehead atoms.